The van der Waals surface area contributed by atoms with Crippen molar-refractivity contribution in [1.82, 2.24) is 14.5 Å². The Morgan fingerprint density at radius 1 is 1.21 bits per heavy atom. The number of thiophene rings is 1. The van der Waals surface area contributed by atoms with Crippen molar-refractivity contribution in [1.29, 1.82) is 0 Å². The number of benzene rings is 1. The highest BCUT2D eigenvalue weighted by molar-refractivity contribution is 7.99. The first-order chi connectivity index (χ1) is 16.1. The van der Waals surface area contributed by atoms with E-state index in [0.717, 1.165) is 60.3 Å². The molecule has 1 aliphatic heterocycles. The smallest absolute Gasteiger partial charge is 0.267 e. The van der Waals surface area contributed by atoms with Crippen LogP contribution < -0.4 is 10.3 Å². The van der Waals surface area contributed by atoms with Gasteiger partial charge in [0.15, 0.2) is 5.16 Å². The fraction of sp³-hybridized carbons (Fsp3) is 0.480. The van der Waals surface area contributed by atoms with Gasteiger partial charge in [0.1, 0.15) is 10.6 Å². The van der Waals surface area contributed by atoms with E-state index in [1.165, 1.54) is 28.6 Å². The number of fused-ring (bicyclic) bond motifs is 3. The molecule has 33 heavy (non-hydrogen) atoms. The summed E-state index contributed by atoms with van der Waals surface area (Å²) in [6, 6.07) is 7.82. The zero-order valence-corrected chi connectivity index (χ0v) is 20.8. The van der Waals surface area contributed by atoms with Crippen molar-refractivity contribution in [2.75, 3.05) is 18.9 Å². The summed E-state index contributed by atoms with van der Waals surface area (Å²) in [6.45, 7) is 5.47. The van der Waals surface area contributed by atoms with Crippen LogP contribution in [-0.2, 0) is 17.6 Å². The normalized spacial score (nSPS) is 18.0. The number of hydrogen-bond donors (Lipinski definition) is 0. The molecule has 5 rings (SSSR count). The number of carbonyl (C=O) groups excluding carboxylic acids is 1. The maximum absolute atomic E-state index is 13.8. The Morgan fingerprint density at radius 3 is 2.79 bits per heavy atom. The lowest BCUT2D eigenvalue weighted by atomic mass is 10.0. The first-order valence-electron chi connectivity index (χ1n) is 11.8. The van der Waals surface area contributed by atoms with Crippen LogP contribution in [0.3, 0.4) is 0 Å². The average Bonchev–Trinajstić information content (AvgIpc) is 3.40. The lowest BCUT2D eigenvalue weighted by Crippen LogP contribution is -2.43. The zero-order chi connectivity index (χ0) is 22.9. The molecule has 0 spiro atoms. The van der Waals surface area contributed by atoms with Gasteiger partial charge in [0.2, 0.25) is 5.91 Å². The molecule has 3 aromatic rings. The minimum Gasteiger partial charge on any atom is -0.494 e. The van der Waals surface area contributed by atoms with E-state index in [1.54, 1.807) is 15.9 Å². The summed E-state index contributed by atoms with van der Waals surface area (Å²) >= 11 is 3.00. The lowest BCUT2D eigenvalue weighted by molar-refractivity contribution is -0.131. The number of likely N-dealkylation sites (tertiary alicyclic amines) is 1. The second-order valence-corrected chi connectivity index (χ2v) is 10.7. The fourth-order valence-electron chi connectivity index (χ4n) is 4.89. The Hall–Kier alpha value is -2.32. The molecular weight excluding hydrogens is 454 g/mol. The number of piperidine rings is 1. The SMILES string of the molecule is CCOc1ccc(-n2c(SCC(=O)N3CCCCC3C)nc3sc4c(c3c2=O)CCC4)cc1. The van der Waals surface area contributed by atoms with Gasteiger partial charge in [-0.3, -0.25) is 14.2 Å². The molecule has 174 valence electrons. The second-order valence-electron chi connectivity index (χ2n) is 8.72. The minimum atomic E-state index is -0.0372. The fourth-order valence-corrected chi connectivity index (χ4v) is 7.09. The molecule has 3 heterocycles. The van der Waals surface area contributed by atoms with Crippen molar-refractivity contribution in [2.45, 2.75) is 63.6 Å². The maximum atomic E-state index is 13.8. The molecule has 1 aromatic carbocycles. The number of amides is 1. The van der Waals surface area contributed by atoms with Gasteiger partial charge in [0.05, 0.1) is 23.4 Å². The van der Waals surface area contributed by atoms with Crippen LogP contribution in [0.5, 0.6) is 5.75 Å². The third-order valence-corrected chi connectivity index (χ3v) is 8.67. The highest BCUT2D eigenvalue weighted by atomic mass is 32.2. The van der Waals surface area contributed by atoms with Crippen molar-refractivity contribution in [3.05, 3.63) is 45.1 Å². The van der Waals surface area contributed by atoms with E-state index in [1.807, 2.05) is 36.1 Å². The van der Waals surface area contributed by atoms with E-state index in [0.29, 0.717) is 11.8 Å². The molecule has 0 radical (unpaired) electrons. The van der Waals surface area contributed by atoms with Gasteiger partial charge in [0.25, 0.3) is 5.56 Å². The minimum absolute atomic E-state index is 0.0372. The van der Waals surface area contributed by atoms with Gasteiger partial charge >= 0.3 is 0 Å². The molecule has 8 heteroatoms. The van der Waals surface area contributed by atoms with Crippen molar-refractivity contribution in [3.8, 4) is 11.4 Å². The standard InChI is InChI=1S/C25H29N3O3S2/c1-3-31-18-12-10-17(11-13-18)28-24(30)22-19-8-6-9-20(19)33-23(22)26-25(28)32-15-21(29)27-14-5-4-7-16(27)2/h10-13,16H,3-9,14-15H2,1-2H3. The first kappa shape index (κ1) is 22.5. The summed E-state index contributed by atoms with van der Waals surface area (Å²) in [4.78, 5) is 35.7. The highest BCUT2D eigenvalue weighted by Gasteiger charge is 2.26. The lowest BCUT2D eigenvalue weighted by Gasteiger charge is -2.33. The first-order valence-corrected chi connectivity index (χ1v) is 13.6. The third-order valence-electron chi connectivity index (χ3n) is 6.56. The van der Waals surface area contributed by atoms with Crippen LogP contribution in [0, 0.1) is 0 Å². The number of thioether (sulfide) groups is 1. The van der Waals surface area contributed by atoms with Gasteiger partial charge in [-0.1, -0.05) is 11.8 Å². The van der Waals surface area contributed by atoms with Gasteiger partial charge in [-0.25, -0.2) is 4.98 Å². The number of ether oxygens (including phenoxy) is 1. The summed E-state index contributed by atoms with van der Waals surface area (Å²) in [5.41, 5.74) is 1.88. The van der Waals surface area contributed by atoms with Crippen LogP contribution in [0.15, 0.2) is 34.2 Å². The largest absolute Gasteiger partial charge is 0.494 e. The molecule has 1 amide bonds. The molecule has 2 aliphatic rings. The quantitative estimate of drug-likeness (QED) is 0.371. The zero-order valence-electron chi connectivity index (χ0n) is 19.1. The van der Waals surface area contributed by atoms with E-state index in [4.69, 9.17) is 9.72 Å². The number of aromatic nitrogens is 2. The maximum Gasteiger partial charge on any atom is 0.267 e. The summed E-state index contributed by atoms with van der Waals surface area (Å²) in [7, 11) is 0. The van der Waals surface area contributed by atoms with Crippen molar-refractivity contribution >= 4 is 39.2 Å². The number of rotatable bonds is 6. The number of carbonyl (C=O) groups is 1. The Morgan fingerprint density at radius 2 is 2.03 bits per heavy atom. The van der Waals surface area contributed by atoms with Crippen LogP contribution in [0.2, 0.25) is 0 Å². The van der Waals surface area contributed by atoms with E-state index < -0.39 is 0 Å². The van der Waals surface area contributed by atoms with Crippen molar-refractivity contribution < 1.29 is 9.53 Å². The molecule has 1 saturated heterocycles. The van der Waals surface area contributed by atoms with Gasteiger partial charge in [0, 0.05) is 17.5 Å². The Labute approximate surface area is 202 Å². The third kappa shape index (κ3) is 4.30. The van der Waals surface area contributed by atoms with Crippen molar-refractivity contribution in [3.63, 3.8) is 0 Å². The second kappa shape index (κ2) is 9.50. The average molecular weight is 484 g/mol. The predicted octanol–water partition coefficient (Wildman–Crippen LogP) is 4.83. The van der Waals surface area contributed by atoms with Crippen LogP contribution in [-0.4, -0.2) is 45.3 Å². The predicted molar refractivity (Wildman–Crippen MR) is 134 cm³/mol. The molecule has 0 N–H and O–H groups in total. The topological polar surface area (TPSA) is 64.4 Å². The van der Waals surface area contributed by atoms with E-state index in [-0.39, 0.29) is 23.3 Å². The molecule has 1 aliphatic carbocycles. The van der Waals surface area contributed by atoms with Gasteiger partial charge in [-0.2, -0.15) is 0 Å². The summed E-state index contributed by atoms with van der Waals surface area (Å²) in [6.07, 6.45) is 6.34. The Bertz CT molecular complexity index is 1230. The van der Waals surface area contributed by atoms with E-state index >= 15 is 0 Å². The number of nitrogens with zero attached hydrogens (tertiary/aromatic N) is 3. The molecule has 0 saturated carbocycles. The van der Waals surface area contributed by atoms with Crippen LogP contribution in [0.25, 0.3) is 15.9 Å². The number of hydrogen-bond acceptors (Lipinski definition) is 6. The monoisotopic (exact) mass is 483 g/mol. The Kier molecular flexibility index (Phi) is 6.47. The molecule has 0 bridgehead atoms. The van der Waals surface area contributed by atoms with Crippen LogP contribution in [0.1, 0.15) is 50.0 Å². The van der Waals surface area contributed by atoms with Gasteiger partial charge in [-0.15, -0.1) is 11.3 Å². The van der Waals surface area contributed by atoms with E-state index in [2.05, 4.69) is 6.92 Å². The molecule has 1 atom stereocenters. The van der Waals surface area contributed by atoms with Crippen LogP contribution in [0.4, 0.5) is 0 Å². The van der Waals surface area contributed by atoms with Crippen LogP contribution >= 0.6 is 23.1 Å². The highest BCUT2D eigenvalue weighted by Crippen LogP contribution is 2.36. The summed E-state index contributed by atoms with van der Waals surface area (Å²) < 4.78 is 7.26. The van der Waals surface area contributed by atoms with Gasteiger partial charge < -0.3 is 9.64 Å². The molecule has 2 aromatic heterocycles. The molecular formula is C25H29N3O3S2. The number of aryl methyl sites for hydroxylation is 2. The Balaban J connectivity index is 1.53. The molecule has 1 fully saturated rings. The van der Waals surface area contributed by atoms with Gasteiger partial charge in [-0.05, 0) is 82.2 Å². The summed E-state index contributed by atoms with van der Waals surface area (Å²) in [5, 5.41) is 1.33. The molecule has 6 nitrogen and oxygen atoms in total. The molecule has 1 unspecified atom stereocenters. The summed E-state index contributed by atoms with van der Waals surface area (Å²) in [5.74, 6) is 1.17. The van der Waals surface area contributed by atoms with Crippen molar-refractivity contribution in [2.24, 2.45) is 0 Å². The van der Waals surface area contributed by atoms with E-state index in [9.17, 15) is 9.59 Å².